The standard InChI is InChI=1S/C13H15NO2/c15-13(9-5-6-9)14-8-11-7-10-3-1-2-4-12(10)16-11/h1-4,9,11H,5-8H2,(H,14,15). The van der Waals surface area contributed by atoms with Crippen LogP contribution in [0.1, 0.15) is 18.4 Å². The molecule has 2 aliphatic rings. The van der Waals surface area contributed by atoms with E-state index in [-0.39, 0.29) is 17.9 Å². The number of amides is 1. The van der Waals surface area contributed by atoms with Crippen molar-refractivity contribution in [2.75, 3.05) is 6.54 Å². The first-order chi connectivity index (χ1) is 7.83. The number of carbonyl (C=O) groups is 1. The van der Waals surface area contributed by atoms with Crippen LogP contribution in [-0.4, -0.2) is 18.6 Å². The molecule has 1 unspecified atom stereocenters. The van der Waals surface area contributed by atoms with E-state index in [0.717, 1.165) is 25.0 Å². The van der Waals surface area contributed by atoms with Crippen molar-refractivity contribution in [1.82, 2.24) is 5.32 Å². The molecule has 3 heteroatoms. The highest BCUT2D eigenvalue weighted by Crippen LogP contribution is 2.30. The Hall–Kier alpha value is -1.51. The van der Waals surface area contributed by atoms with Gasteiger partial charge in [-0.25, -0.2) is 0 Å². The highest BCUT2D eigenvalue weighted by molar-refractivity contribution is 5.80. The number of fused-ring (bicyclic) bond motifs is 1. The summed E-state index contributed by atoms with van der Waals surface area (Å²) in [6.45, 7) is 0.629. The molecule has 3 rings (SSSR count). The minimum atomic E-state index is 0.111. The van der Waals surface area contributed by atoms with E-state index >= 15 is 0 Å². The van der Waals surface area contributed by atoms with Crippen molar-refractivity contribution in [2.24, 2.45) is 5.92 Å². The molecule has 1 saturated carbocycles. The summed E-state index contributed by atoms with van der Waals surface area (Å²) >= 11 is 0. The van der Waals surface area contributed by atoms with Crippen molar-refractivity contribution >= 4 is 5.91 Å². The summed E-state index contributed by atoms with van der Waals surface area (Å²) in [5.74, 6) is 1.44. The molecular weight excluding hydrogens is 202 g/mol. The number of para-hydroxylation sites is 1. The first-order valence-electron chi connectivity index (χ1n) is 5.85. The van der Waals surface area contributed by atoms with Gasteiger partial charge in [0.25, 0.3) is 0 Å². The maximum atomic E-state index is 11.5. The van der Waals surface area contributed by atoms with E-state index in [1.807, 2.05) is 18.2 Å². The lowest BCUT2D eigenvalue weighted by Gasteiger charge is -2.11. The summed E-state index contributed by atoms with van der Waals surface area (Å²) in [7, 11) is 0. The van der Waals surface area contributed by atoms with Crippen molar-refractivity contribution in [3.8, 4) is 5.75 Å². The largest absolute Gasteiger partial charge is 0.488 e. The van der Waals surface area contributed by atoms with Crippen LogP contribution in [0.2, 0.25) is 0 Å². The maximum absolute atomic E-state index is 11.5. The second kappa shape index (κ2) is 3.81. The van der Waals surface area contributed by atoms with Gasteiger partial charge in [0.2, 0.25) is 5.91 Å². The van der Waals surface area contributed by atoms with E-state index in [1.165, 1.54) is 5.56 Å². The lowest BCUT2D eigenvalue weighted by Crippen LogP contribution is -2.35. The van der Waals surface area contributed by atoms with Crippen LogP contribution in [0.25, 0.3) is 0 Å². The number of hydrogen-bond donors (Lipinski definition) is 1. The Morgan fingerprint density at radius 2 is 2.19 bits per heavy atom. The summed E-state index contributed by atoms with van der Waals surface area (Å²) in [4.78, 5) is 11.5. The molecule has 0 saturated heterocycles. The molecule has 1 aliphatic heterocycles. The predicted molar refractivity (Wildman–Crippen MR) is 60.3 cm³/mol. The molecule has 1 aromatic carbocycles. The number of nitrogens with one attached hydrogen (secondary N) is 1. The Balaban J connectivity index is 1.53. The van der Waals surface area contributed by atoms with Crippen LogP contribution in [0, 0.1) is 5.92 Å². The molecule has 16 heavy (non-hydrogen) atoms. The zero-order valence-corrected chi connectivity index (χ0v) is 9.11. The summed E-state index contributed by atoms with van der Waals surface area (Å²) in [5.41, 5.74) is 1.24. The Morgan fingerprint density at radius 1 is 1.38 bits per heavy atom. The van der Waals surface area contributed by atoms with Crippen LogP contribution in [-0.2, 0) is 11.2 Å². The molecule has 0 spiro atoms. The fourth-order valence-electron chi connectivity index (χ4n) is 2.07. The van der Waals surface area contributed by atoms with Crippen molar-refractivity contribution in [1.29, 1.82) is 0 Å². The van der Waals surface area contributed by atoms with E-state index < -0.39 is 0 Å². The van der Waals surface area contributed by atoms with E-state index in [0.29, 0.717) is 6.54 Å². The summed E-state index contributed by atoms with van der Waals surface area (Å²) in [6.07, 6.45) is 3.12. The SMILES string of the molecule is O=C(NCC1Cc2ccccc2O1)C1CC1. The predicted octanol–water partition coefficient (Wildman–Crippen LogP) is 1.52. The molecule has 1 heterocycles. The highest BCUT2D eigenvalue weighted by atomic mass is 16.5. The molecule has 1 aromatic rings. The monoisotopic (exact) mass is 217 g/mol. The number of ether oxygens (including phenoxy) is 1. The normalized spacial score (nSPS) is 22.4. The van der Waals surface area contributed by atoms with E-state index in [1.54, 1.807) is 0 Å². The molecule has 1 N–H and O–H groups in total. The van der Waals surface area contributed by atoms with Gasteiger partial charge in [0.15, 0.2) is 0 Å². The van der Waals surface area contributed by atoms with Crippen molar-refractivity contribution in [2.45, 2.75) is 25.4 Å². The van der Waals surface area contributed by atoms with Gasteiger partial charge < -0.3 is 10.1 Å². The first kappa shape index (κ1) is 9.70. The molecule has 0 bridgehead atoms. The molecule has 0 aromatic heterocycles. The number of carbonyl (C=O) groups excluding carboxylic acids is 1. The highest BCUT2D eigenvalue weighted by Gasteiger charge is 2.30. The Kier molecular flexibility index (Phi) is 2.31. The molecule has 0 radical (unpaired) electrons. The maximum Gasteiger partial charge on any atom is 0.223 e. The van der Waals surface area contributed by atoms with Gasteiger partial charge >= 0.3 is 0 Å². The lowest BCUT2D eigenvalue weighted by atomic mass is 10.1. The quantitative estimate of drug-likeness (QED) is 0.833. The zero-order chi connectivity index (χ0) is 11.0. The van der Waals surface area contributed by atoms with Crippen LogP contribution in [0.15, 0.2) is 24.3 Å². The van der Waals surface area contributed by atoms with Crippen LogP contribution < -0.4 is 10.1 Å². The van der Waals surface area contributed by atoms with E-state index in [9.17, 15) is 4.79 Å². The van der Waals surface area contributed by atoms with Crippen LogP contribution in [0.5, 0.6) is 5.75 Å². The van der Waals surface area contributed by atoms with Crippen LogP contribution >= 0.6 is 0 Å². The third kappa shape index (κ3) is 1.90. The topological polar surface area (TPSA) is 38.3 Å². The molecule has 3 nitrogen and oxygen atoms in total. The van der Waals surface area contributed by atoms with Crippen LogP contribution in [0.3, 0.4) is 0 Å². The second-order valence-electron chi connectivity index (χ2n) is 4.57. The van der Waals surface area contributed by atoms with Crippen molar-refractivity contribution in [3.63, 3.8) is 0 Å². The minimum absolute atomic E-state index is 0.111. The fraction of sp³-hybridized carbons (Fsp3) is 0.462. The number of rotatable bonds is 3. The van der Waals surface area contributed by atoms with Gasteiger partial charge in [-0.05, 0) is 24.5 Å². The Morgan fingerprint density at radius 3 is 2.94 bits per heavy atom. The zero-order valence-electron chi connectivity index (χ0n) is 9.11. The van der Waals surface area contributed by atoms with Gasteiger partial charge in [0.05, 0.1) is 6.54 Å². The molecular formula is C13H15NO2. The smallest absolute Gasteiger partial charge is 0.223 e. The van der Waals surface area contributed by atoms with Crippen molar-refractivity contribution in [3.05, 3.63) is 29.8 Å². The second-order valence-corrected chi connectivity index (χ2v) is 4.57. The Labute approximate surface area is 94.8 Å². The van der Waals surface area contributed by atoms with Crippen molar-refractivity contribution < 1.29 is 9.53 Å². The molecule has 84 valence electrons. The molecule has 1 amide bonds. The van der Waals surface area contributed by atoms with Gasteiger partial charge in [0.1, 0.15) is 11.9 Å². The summed E-state index contributed by atoms with van der Waals surface area (Å²) in [5, 5.41) is 2.96. The van der Waals surface area contributed by atoms with Gasteiger partial charge in [-0.15, -0.1) is 0 Å². The lowest BCUT2D eigenvalue weighted by molar-refractivity contribution is -0.122. The Bertz CT molecular complexity index is 387. The van der Waals surface area contributed by atoms with E-state index in [2.05, 4.69) is 11.4 Å². The average Bonchev–Trinajstić information content (AvgIpc) is 3.06. The number of benzene rings is 1. The van der Waals surface area contributed by atoms with Gasteiger partial charge in [-0.2, -0.15) is 0 Å². The molecule has 1 fully saturated rings. The molecule has 1 atom stereocenters. The average molecular weight is 217 g/mol. The van der Waals surface area contributed by atoms with Gasteiger partial charge in [-0.3, -0.25) is 4.79 Å². The minimum Gasteiger partial charge on any atom is -0.488 e. The van der Waals surface area contributed by atoms with Crippen LogP contribution in [0.4, 0.5) is 0 Å². The van der Waals surface area contributed by atoms with Gasteiger partial charge in [0, 0.05) is 12.3 Å². The fourth-order valence-corrected chi connectivity index (χ4v) is 2.07. The number of hydrogen-bond acceptors (Lipinski definition) is 2. The first-order valence-corrected chi connectivity index (χ1v) is 5.85. The molecule has 1 aliphatic carbocycles. The third-order valence-electron chi connectivity index (χ3n) is 3.17. The van der Waals surface area contributed by atoms with E-state index in [4.69, 9.17) is 4.74 Å². The third-order valence-corrected chi connectivity index (χ3v) is 3.17. The van der Waals surface area contributed by atoms with Gasteiger partial charge in [-0.1, -0.05) is 18.2 Å². The summed E-state index contributed by atoms with van der Waals surface area (Å²) < 4.78 is 5.74. The summed E-state index contributed by atoms with van der Waals surface area (Å²) in [6, 6.07) is 8.06.